The Bertz CT molecular complexity index is 389. The molecule has 0 fully saturated rings. The third-order valence-corrected chi connectivity index (χ3v) is 6.73. The lowest BCUT2D eigenvalue weighted by molar-refractivity contribution is 0.0708. The van der Waals surface area contributed by atoms with Gasteiger partial charge in [0.15, 0.2) is 0 Å². The van der Waals surface area contributed by atoms with E-state index in [9.17, 15) is 0 Å². The molecule has 138 valence electrons. The first-order chi connectivity index (χ1) is 11.8. The van der Waals surface area contributed by atoms with Gasteiger partial charge in [-0.1, -0.05) is 30.3 Å². The molecule has 0 aliphatic heterocycles. The van der Waals surface area contributed by atoms with E-state index in [2.05, 4.69) is 34.9 Å². The summed E-state index contributed by atoms with van der Waals surface area (Å²) in [6.07, 6.45) is 1.00. The maximum absolute atomic E-state index is 5.86. The summed E-state index contributed by atoms with van der Waals surface area (Å²) in [5.74, 6) is 0. The van der Waals surface area contributed by atoms with Crippen molar-refractivity contribution in [1.29, 1.82) is 0 Å². The van der Waals surface area contributed by atoms with E-state index in [1.807, 2.05) is 26.8 Å². The Labute approximate surface area is 148 Å². The molecule has 0 amide bonds. The average molecular weight is 355 g/mol. The van der Waals surface area contributed by atoms with Gasteiger partial charge in [-0.25, -0.2) is 0 Å². The second-order valence-electron chi connectivity index (χ2n) is 5.50. The molecule has 0 atom stereocenters. The summed E-state index contributed by atoms with van der Waals surface area (Å²) < 4.78 is 17.6. The van der Waals surface area contributed by atoms with Crippen molar-refractivity contribution in [2.24, 2.45) is 0 Å². The van der Waals surface area contributed by atoms with Crippen LogP contribution in [-0.4, -0.2) is 48.3 Å². The van der Waals surface area contributed by atoms with E-state index in [4.69, 9.17) is 13.3 Å². The summed E-state index contributed by atoms with van der Waals surface area (Å²) in [7, 11) is -2.47. The highest BCUT2D eigenvalue weighted by Gasteiger charge is 2.39. The van der Waals surface area contributed by atoms with E-state index >= 15 is 0 Å². The molecular formula is C18H34N2O3Si. The second kappa shape index (κ2) is 13.5. The lowest BCUT2D eigenvalue weighted by Crippen LogP contribution is -2.46. The quantitative estimate of drug-likeness (QED) is 0.375. The molecule has 0 saturated heterocycles. The van der Waals surface area contributed by atoms with Crippen molar-refractivity contribution >= 4 is 8.80 Å². The molecule has 0 unspecified atom stereocenters. The fourth-order valence-electron chi connectivity index (χ4n) is 2.56. The van der Waals surface area contributed by atoms with Gasteiger partial charge in [-0.15, -0.1) is 0 Å². The minimum absolute atomic E-state index is 0.642. The zero-order valence-electron chi connectivity index (χ0n) is 15.5. The third-order valence-electron chi connectivity index (χ3n) is 3.58. The lowest BCUT2D eigenvalue weighted by atomic mass is 10.2. The molecule has 0 bridgehead atoms. The van der Waals surface area contributed by atoms with Crippen molar-refractivity contribution in [3.05, 3.63) is 35.9 Å². The van der Waals surface area contributed by atoms with E-state index in [1.165, 1.54) is 5.56 Å². The van der Waals surface area contributed by atoms with Gasteiger partial charge in [0.25, 0.3) is 0 Å². The van der Waals surface area contributed by atoms with Crippen molar-refractivity contribution in [3.8, 4) is 0 Å². The van der Waals surface area contributed by atoms with Gasteiger partial charge in [-0.3, -0.25) is 0 Å². The van der Waals surface area contributed by atoms with E-state index in [0.29, 0.717) is 19.8 Å². The van der Waals surface area contributed by atoms with Crippen LogP contribution in [0.15, 0.2) is 30.3 Å². The Morgan fingerprint density at radius 3 is 1.96 bits per heavy atom. The first-order valence-electron chi connectivity index (χ1n) is 9.13. The summed E-state index contributed by atoms with van der Waals surface area (Å²) in [6.45, 7) is 11.7. The molecule has 0 radical (unpaired) electrons. The first kappa shape index (κ1) is 21.3. The molecule has 0 saturated carbocycles. The monoisotopic (exact) mass is 354 g/mol. The van der Waals surface area contributed by atoms with Crippen molar-refractivity contribution in [1.82, 2.24) is 10.6 Å². The molecule has 2 N–H and O–H groups in total. The van der Waals surface area contributed by atoms with Crippen LogP contribution in [0.3, 0.4) is 0 Å². The summed E-state index contributed by atoms with van der Waals surface area (Å²) in [4.78, 5) is 0. The molecule has 0 heterocycles. The topological polar surface area (TPSA) is 51.8 Å². The van der Waals surface area contributed by atoms with Gasteiger partial charge in [0, 0.05) is 45.5 Å². The Morgan fingerprint density at radius 2 is 1.38 bits per heavy atom. The highest BCUT2D eigenvalue weighted by atomic mass is 28.4. The van der Waals surface area contributed by atoms with Crippen molar-refractivity contribution in [3.63, 3.8) is 0 Å². The van der Waals surface area contributed by atoms with Crippen LogP contribution < -0.4 is 10.6 Å². The normalized spacial score (nSPS) is 11.8. The van der Waals surface area contributed by atoms with Gasteiger partial charge in [0.1, 0.15) is 0 Å². The summed E-state index contributed by atoms with van der Waals surface area (Å²) >= 11 is 0. The highest BCUT2D eigenvalue weighted by Crippen LogP contribution is 2.17. The lowest BCUT2D eigenvalue weighted by Gasteiger charge is -2.28. The molecule has 5 nitrogen and oxygen atoms in total. The SMILES string of the molecule is CCO[Si](CCCNCCNCc1ccccc1)(OCC)OCC. The van der Waals surface area contributed by atoms with Crippen LogP contribution in [0.5, 0.6) is 0 Å². The van der Waals surface area contributed by atoms with Gasteiger partial charge >= 0.3 is 8.80 Å². The number of hydrogen-bond donors (Lipinski definition) is 2. The molecular weight excluding hydrogens is 320 g/mol. The second-order valence-corrected chi connectivity index (χ2v) is 8.23. The van der Waals surface area contributed by atoms with Crippen LogP contribution in [0.25, 0.3) is 0 Å². The van der Waals surface area contributed by atoms with Crippen LogP contribution in [0.1, 0.15) is 32.8 Å². The van der Waals surface area contributed by atoms with Crippen molar-refractivity contribution in [2.45, 2.75) is 39.8 Å². The Hall–Kier alpha value is -0.763. The zero-order chi connectivity index (χ0) is 17.5. The summed E-state index contributed by atoms with van der Waals surface area (Å²) in [5.41, 5.74) is 1.32. The fraction of sp³-hybridized carbons (Fsp3) is 0.667. The first-order valence-corrected chi connectivity index (χ1v) is 11.1. The molecule has 1 aromatic carbocycles. The third kappa shape index (κ3) is 8.91. The molecule has 0 spiro atoms. The molecule has 6 heteroatoms. The predicted octanol–water partition coefficient (Wildman–Crippen LogP) is 2.80. The number of benzene rings is 1. The van der Waals surface area contributed by atoms with E-state index in [1.54, 1.807) is 0 Å². The van der Waals surface area contributed by atoms with Crippen molar-refractivity contribution in [2.75, 3.05) is 39.5 Å². The highest BCUT2D eigenvalue weighted by molar-refractivity contribution is 6.60. The molecule has 0 aliphatic rings. The van der Waals surface area contributed by atoms with Crippen LogP contribution in [0, 0.1) is 0 Å². The predicted molar refractivity (Wildman–Crippen MR) is 101 cm³/mol. The van der Waals surface area contributed by atoms with Gasteiger partial charge < -0.3 is 23.9 Å². The number of nitrogens with one attached hydrogen (secondary N) is 2. The molecule has 0 aromatic heterocycles. The molecule has 24 heavy (non-hydrogen) atoms. The van der Waals surface area contributed by atoms with Crippen LogP contribution >= 0.6 is 0 Å². The fourth-order valence-corrected chi connectivity index (χ4v) is 5.17. The number of rotatable bonds is 15. The maximum Gasteiger partial charge on any atom is 0.500 e. The van der Waals surface area contributed by atoms with E-state index in [-0.39, 0.29) is 0 Å². The van der Waals surface area contributed by atoms with Crippen molar-refractivity contribution < 1.29 is 13.3 Å². The minimum Gasteiger partial charge on any atom is -0.374 e. The minimum atomic E-state index is -2.47. The van der Waals surface area contributed by atoms with Crippen LogP contribution in [0.2, 0.25) is 6.04 Å². The van der Waals surface area contributed by atoms with Gasteiger partial charge in [0.05, 0.1) is 0 Å². The van der Waals surface area contributed by atoms with Crippen LogP contribution in [-0.2, 0) is 19.8 Å². The van der Waals surface area contributed by atoms with Gasteiger partial charge in [0.2, 0.25) is 0 Å². The number of hydrogen-bond acceptors (Lipinski definition) is 5. The summed E-state index contributed by atoms with van der Waals surface area (Å²) in [6, 6.07) is 11.3. The van der Waals surface area contributed by atoms with E-state index in [0.717, 1.165) is 38.6 Å². The van der Waals surface area contributed by atoms with Gasteiger partial charge in [-0.05, 0) is 39.3 Å². The molecule has 1 rings (SSSR count). The van der Waals surface area contributed by atoms with Crippen LogP contribution in [0.4, 0.5) is 0 Å². The zero-order valence-corrected chi connectivity index (χ0v) is 16.5. The van der Waals surface area contributed by atoms with E-state index < -0.39 is 8.80 Å². The maximum atomic E-state index is 5.86. The smallest absolute Gasteiger partial charge is 0.374 e. The molecule has 1 aromatic rings. The Morgan fingerprint density at radius 1 is 0.792 bits per heavy atom. The summed E-state index contributed by atoms with van der Waals surface area (Å²) in [5, 5.41) is 6.91. The Kier molecular flexibility index (Phi) is 12.0. The molecule has 0 aliphatic carbocycles. The largest absolute Gasteiger partial charge is 0.500 e. The Balaban J connectivity index is 2.12. The van der Waals surface area contributed by atoms with Gasteiger partial charge in [-0.2, -0.15) is 0 Å². The standard InChI is InChI=1S/C18H34N2O3Si/c1-4-21-24(22-5-2,23-6-3)16-10-13-19-14-15-20-17-18-11-8-7-9-12-18/h7-9,11-12,19-20H,4-6,10,13-17H2,1-3H3. The average Bonchev–Trinajstić information content (AvgIpc) is 2.59.